The Labute approximate surface area is 101 Å². The molecule has 1 unspecified atom stereocenters. The second-order valence-electron chi connectivity index (χ2n) is 4.21. The summed E-state index contributed by atoms with van der Waals surface area (Å²) < 4.78 is 10.3. The van der Waals surface area contributed by atoms with Crippen molar-refractivity contribution in [3.63, 3.8) is 0 Å². The first-order valence-electron chi connectivity index (χ1n) is 5.45. The maximum Gasteiger partial charge on any atom is 0.311 e. The number of benzene rings is 1. The summed E-state index contributed by atoms with van der Waals surface area (Å²) in [7, 11) is 3.09. The summed E-state index contributed by atoms with van der Waals surface area (Å²) in [6, 6.07) is 5.20. The minimum absolute atomic E-state index is 0.00399. The average Bonchev–Trinajstić information content (AvgIpc) is 2.27. The maximum absolute atomic E-state index is 11.3. The number of ether oxygens (including phenoxy) is 2. The van der Waals surface area contributed by atoms with Gasteiger partial charge in [0.2, 0.25) is 0 Å². The molecule has 0 bridgehead atoms. The highest BCUT2D eigenvalue weighted by molar-refractivity contribution is 5.76. The molecule has 0 spiro atoms. The van der Waals surface area contributed by atoms with E-state index < -0.39 is 11.9 Å². The Kier molecular flexibility index (Phi) is 4.37. The van der Waals surface area contributed by atoms with Crippen molar-refractivity contribution in [2.75, 3.05) is 14.2 Å². The first-order chi connectivity index (χ1) is 7.99. The first-order valence-corrected chi connectivity index (χ1v) is 5.45. The molecular formula is C13H18O4. The third kappa shape index (κ3) is 3.12. The van der Waals surface area contributed by atoms with E-state index in [-0.39, 0.29) is 5.92 Å². The molecule has 4 heteroatoms. The van der Waals surface area contributed by atoms with Crippen LogP contribution >= 0.6 is 0 Å². The fourth-order valence-corrected chi connectivity index (χ4v) is 1.82. The topological polar surface area (TPSA) is 55.8 Å². The van der Waals surface area contributed by atoms with Crippen LogP contribution in [0.3, 0.4) is 0 Å². The average molecular weight is 238 g/mol. The van der Waals surface area contributed by atoms with Crippen molar-refractivity contribution >= 4 is 5.97 Å². The van der Waals surface area contributed by atoms with E-state index in [4.69, 9.17) is 9.47 Å². The van der Waals surface area contributed by atoms with Crippen LogP contribution in [0.1, 0.15) is 25.3 Å². The van der Waals surface area contributed by atoms with Crippen LogP contribution in [0.2, 0.25) is 0 Å². The zero-order chi connectivity index (χ0) is 13.0. The molecule has 0 aliphatic carbocycles. The van der Waals surface area contributed by atoms with Crippen LogP contribution in [-0.4, -0.2) is 25.3 Å². The lowest BCUT2D eigenvalue weighted by atomic mass is 9.88. The van der Waals surface area contributed by atoms with Gasteiger partial charge in [0.25, 0.3) is 0 Å². The van der Waals surface area contributed by atoms with E-state index in [2.05, 4.69) is 0 Å². The number of carboxylic acid groups (broad SMARTS) is 1. The van der Waals surface area contributed by atoms with Crippen molar-refractivity contribution in [1.29, 1.82) is 0 Å². The Morgan fingerprint density at radius 1 is 1.12 bits per heavy atom. The van der Waals surface area contributed by atoms with Gasteiger partial charge in [0.15, 0.2) is 0 Å². The van der Waals surface area contributed by atoms with Crippen molar-refractivity contribution in [2.45, 2.75) is 19.8 Å². The minimum atomic E-state index is -0.838. The molecule has 0 saturated carbocycles. The molecule has 1 rings (SSSR count). The molecule has 0 radical (unpaired) electrons. The predicted octanol–water partition coefficient (Wildman–Crippen LogP) is 2.53. The summed E-state index contributed by atoms with van der Waals surface area (Å²) in [5, 5.41) is 9.24. The van der Waals surface area contributed by atoms with Gasteiger partial charge in [0, 0.05) is 6.07 Å². The van der Waals surface area contributed by atoms with Crippen molar-refractivity contribution in [1.82, 2.24) is 0 Å². The molecule has 94 valence electrons. The van der Waals surface area contributed by atoms with Gasteiger partial charge in [-0.15, -0.1) is 0 Å². The number of hydrogen-bond donors (Lipinski definition) is 1. The molecule has 1 atom stereocenters. The molecule has 0 aliphatic heterocycles. The summed E-state index contributed by atoms with van der Waals surface area (Å²) in [6.07, 6.45) is 0. The van der Waals surface area contributed by atoms with Gasteiger partial charge < -0.3 is 14.6 Å². The second-order valence-corrected chi connectivity index (χ2v) is 4.21. The Balaban J connectivity index is 3.22. The SMILES string of the molecule is COc1cc(OC)cc(C(C(=O)O)C(C)C)c1. The van der Waals surface area contributed by atoms with Gasteiger partial charge in [-0.3, -0.25) is 4.79 Å². The van der Waals surface area contributed by atoms with Gasteiger partial charge in [-0.25, -0.2) is 0 Å². The van der Waals surface area contributed by atoms with Crippen molar-refractivity contribution in [2.24, 2.45) is 5.92 Å². The zero-order valence-corrected chi connectivity index (χ0v) is 10.6. The normalized spacial score (nSPS) is 12.3. The third-order valence-corrected chi connectivity index (χ3v) is 2.67. The van der Waals surface area contributed by atoms with Crippen molar-refractivity contribution in [3.8, 4) is 11.5 Å². The standard InChI is InChI=1S/C13H18O4/c1-8(2)12(13(14)15)9-5-10(16-3)7-11(6-9)17-4/h5-8,12H,1-4H3,(H,14,15). The smallest absolute Gasteiger partial charge is 0.311 e. The van der Waals surface area contributed by atoms with E-state index in [1.54, 1.807) is 32.4 Å². The third-order valence-electron chi connectivity index (χ3n) is 2.67. The van der Waals surface area contributed by atoms with E-state index >= 15 is 0 Å². The van der Waals surface area contributed by atoms with Crippen LogP contribution in [0.5, 0.6) is 11.5 Å². The molecule has 0 aliphatic rings. The van der Waals surface area contributed by atoms with Gasteiger partial charge >= 0.3 is 5.97 Å². The van der Waals surface area contributed by atoms with E-state index in [0.29, 0.717) is 17.1 Å². The number of methoxy groups -OCH3 is 2. The summed E-state index contributed by atoms with van der Waals surface area (Å²) in [4.78, 5) is 11.3. The molecule has 0 heterocycles. The molecule has 1 aromatic rings. The lowest BCUT2D eigenvalue weighted by Gasteiger charge is -2.18. The number of carbonyl (C=O) groups is 1. The summed E-state index contributed by atoms with van der Waals surface area (Å²) in [6.45, 7) is 3.76. The van der Waals surface area contributed by atoms with Crippen LogP contribution in [-0.2, 0) is 4.79 Å². The van der Waals surface area contributed by atoms with Gasteiger partial charge in [-0.2, -0.15) is 0 Å². The number of carboxylic acids is 1. The monoisotopic (exact) mass is 238 g/mol. The predicted molar refractivity (Wildman–Crippen MR) is 64.8 cm³/mol. The molecule has 0 saturated heterocycles. The van der Waals surface area contributed by atoms with E-state index in [1.165, 1.54) is 0 Å². The first kappa shape index (κ1) is 13.4. The second kappa shape index (κ2) is 5.57. The molecule has 17 heavy (non-hydrogen) atoms. The highest BCUT2D eigenvalue weighted by atomic mass is 16.5. The van der Waals surface area contributed by atoms with Crippen molar-refractivity contribution in [3.05, 3.63) is 23.8 Å². The fourth-order valence-electron chi connectivity index (χ4n) is 1.82. The minimum Gasteiger partial charge on any atom is -0.497 e. The Hall–Kier alpha value is -1.71. The summed E-state index contributed by atoms with van der Waals surface area (Å²) in [5.41, 5.74) is 0.698. The quantitative estimate of drug-likeness (QED) is 0.856. The zero-order valence-electron chi connectivity index (χ0n) is 10.6. The Bertz CT molecular complexity index is 376. The largest absolute Gasteiger partial charge is 0.497 e. The number of rotatable bonds is 5. The van der Waals surface area contributed by atoms with E-state index in [9.17, 15) is 9.90 Å². The van der Waals surface area contributed by atoms with Crippen LogP contribution in [0.4, 0.5) is 0 Å². The van der Waals surface area contributed by atoms with Crippen LogP contribution in [0.25, 0.3) is 0 Å². The van der Waals surface area contributed by atoms with Gasteiger partial charge in [0.1, 0.15) is 11.5 Å². The van der Waals surface area contributed by atoms with E-state index in [0.717, 1.165) is 0 Å². The molecule has 0 amide bonds. The highest BCUT2D eigenvalue weighted by Gasteiger charge is 2.24. The molecule has 1 N–H and O–H groups in total. The molecule has 1 aromatic carbocycles. The lowest BCUT2D eigenvalue weighted by molar-refractivity contribution is -0.139. The van der Waals surface area contributed by atoms with Gasteiger partial charge in [-0.1, -0.05) is 13.8 Å². The Morgan fingerprint density at radius 2 is 1.59 bits per heavy atom. The fraction of sp³-hybridized carbons (Fsp3) is 0.462. The molecule has 0 fully saturated rings. The summed E-state index contributed by atoms with van der Waals surface area (Å²) >= 11 is 0. The van der Waals surface area contributed by atoms with Crippen molar-refractivity contribution < 1.29 is 19.4 Å². The molecule has 4 nitrogen and oxygen atoms in total. The summed E-state index contributed by atoms with van der Waals surface area (Å²) in [5.74, 6) is -0.184. The maximum atomic E-state index is 11.3. The van der Waals surface area contributed by atoms with E-state index in [1.807, 2.05) is 13.8 Å². The van der Waals surface area contributed by atoms with Crippen LogP contribution < -0.4 is 9.47 Å². The number of aliphatic carboxylic acids is 1. The lowest BCUT2D eigenvalue weighted by Crippen LogP contribution is -2.17. The van der Waals surface area contributed by atoms with Crippen LogP contribution in [0, 0.1) is 5.92 Å². The molecular weight excluding hydrogens is 220 g/mol. The van der Waals surface area contributed by atoms with Gasteiger partial charge in [-0.05, 0) is 23.6 Å². The molecule has 0 aromatic heterocycles. The Morgan fingerprint density at radius 3 is 1.88 bits per heavy atom. The van der Waals surface area contributed by atoms with Crippen LogP contribution in [0.15, 0.2) is 18.2 Å². The highest BCUT2D eigenvalue weighted by Crippen LogP contribution is 2.31. The van der Waals surface area contributed by atoms with Gasteiger partial charge in [0.05, 0.1) is 20.1 Å². The number of hydrogen-bond acceptors (Lipinski definition) is 3.